The van der Waals surface area contributed by atoms with Crippen molar-refractivity contribution in [2.24, 2.45) is 0 Å². The summed E-state index contributed by atoms with van der Waals surface area (Å²) in [6.45, 7) is 0. The number of hydrogen-bond acceptors (Lipinski definition) is 3. The van der Waals surface area contributed by atoms with Gasteiger partial charge in [0.25, 0.3) is 5.69 Å². The monoisotopic (exact) mass is 283 g/mol. The number of benzene rings is 2. The van der Waals surface area contributed by atoms with Crippen molar-refractivity contribution < 1.29 is 9.31 Å². The number of nitro groups is 1. The van der Waals surface area contributed by atoms with E-state index >= 15 is 0 Å². The van der Waals surface area contributed by atoms with E-state index in [1.807, 2.05) is 0 Å². The Morgan fingerprint density at radius 1 is 1.10 bits per heavy atom. The largest absolute Gasteiger partial charge is 0.269 e. The van der Waals surface area contributed by atoms with Gasteiger partial charge in [-0.05, 0) is 18.2 Å². The third-order valence-corrected chi connectivity index (χ3v) is 3.09. The van der Waals surface area contributed by atoms with Gasteiger partial charge < -0.3 is 0 Å². The summed E-state index contributed by atoms with van der Waals surface area (Å²) in [5.41, 5.74) is 1.79. The van der Waals surface area contributed by atoms with E-state index in [0.29, 0.717) is 16.8 Å². The third-order valence-electron chi connectivity index (χ3n) is 3.09. The van der Waals surface area contributed by atoms with Gasteiger partial charge in [-0.2, -0.15) is 5.10 Å². The standard InChI is InChI=1S/C15H10FN3O2/c16-15-4-2-1-3-14(15)11-9-17-18(10-11)12-5-7-13(8-6-12)19(20)21/h1-10H. The molecule has 5 nitrogen and oxygen atoms in total. The summed E-state index contributed by atoms with van der Waals surface area (Å²) in [5.74, 6) is -0.319. The van der Waals surface area contributed by atoms with Crippen molar-refractivity contribution in [3.05, 3.63) is 76.9 Å². The zero-order valence-corrected chi connectivity index (χ0v) is 10.8. The molecule has 21 heavy (non-hydrogen) atoms. The van der Waals surface area contributed by atoms with Crippen molar-refractivity contribution >= 4 is 5.69 Å². The first-order chi connectivity index (χ1) is 10.1. The Balaban J connectivity index is 1.95. The smallest absolute Gasteiger partial charge is 0.258 e. The SMILES string of the molecule is O=[N+]([O-])c1ccc(-n2cc(-c3ccccc3F)cn2)cc1. The maximum Gasteiger partial charge on any atom is 0.269 e. The predicted octanol–water partition coefficient (Wildman–Crippen LogP) is 3.59. The third kappa shape index (κ3) is 2.51. The second kappa shape index (κ2) is 5.16. The molecule has 0 unspecified atom stereocenters. The molecule has 3 aromatic rings. The average molecular weight is 283 g/mol. The summed E-state index contributed by atoms with van der Waals surface area (Å²) in [4.78, 5) is 10.2. The molecule has 1 aromatic heterocycles. The van der Waals surface area contributed by atoms with E-state index in [2.05, 4.69) is 5.10 Å². The maximum atomic E-state index is 13.7. The van der Waals surface area contributed by atoms with Crippen LogP contribution in [0.2, 0.25) is 0 Å². The number of nitrogens with zero attached hydrogens (tertiary/aromatic N) is 3. The van der Waals surface area contributed by atoms with E-state index in [0.717, 1.165) is 0 Å². The van der Waals surface area contributed by atoms with Crippen LogP contribution in [0.15, 0.2) is 60.9 Å². The molecule has 3 rings (SSSR count). The molecular weight excluding hydrogens is 273 g/mol. The van der Waals surface area contributed by atoms with Crippen molar-refractivity contribution in [1.29, 1.82) is 0 Å². The van der Waals surface area contributed by atoms with Gasteiger partial charge in [0.2, 0.25) is 0 Å². The second-order valence-electron chi connectivity index (χ2n) is 4.43. The number of non-ortho nitro benzene ring substituents is 1. The minimum Gasteiger partial charge on any atom is -0.258 e. The van der Waals surface area contributed by atoms with E-state index in [1.54, 1.807) is 47.4 Å². The van der Waals surface area contributed by atoms with Crippen molar-refractivity contribution in [2.45, 2.75) is 0 Å². The zero-order chi connectivity index (χ0) is 14.8. The zero-order valence-electron chi connectivity index (χ0n) is 10.8. The van der Waals surface area contributed by atoms with E-state index in [4.69, 9.17) is 0 Å². The fourth-order valence-corrected chi connectivity index (χ4v) is 2.03. The van der Waals surface area contributed by atoms with Crippen LogP contribution in [0.3, 0.4) is 0 Å². The highest BCUT2D eigenvalue weighted by molar-refractivity contribution is 5.63. The van der Waals surface area contributed by atoms with Crippen molar-refractivity contribution in [2.75, 3.05) is 0 Å². The molecular formula is C15H10FN3O2. The lowest BCUT2D eigenvalue weighted by Crippen LogP contribution is -1.94. The normalized spacial score (nSPS) is 10.5. The van der Waals surface area contributed by atoms with Crippen molar-refractivity contribution in [3.8, 4) is 16.8 Å². The molecule has 0 aliphatic heterocycles. The molecule has 0 fully saturated rings. The molecule has 0 saturated carbocycles. The van der Waals surface area contributed by atoms with Gasteiger partial charge in [0, 0.05) is 29.5 Å². The minimum absolute atomic E-state index is 0.0141. The lowest BCUT2D eigenvalue weighted by Gasteiger charge is -2.01. The van der Waals surface area contributed by atoms with E-state index in [-0.39, 0.29) is 11.5 Å². The summed E-state index contributed by atoms with van der Waals surface area (Å²) >= 11 is 0. The number of rotatable bonds is 3. The highest BCUT2D eigenvalue weighted by atomic mass is 19.1. The highest BCUT2D eigenvalue weighted by Crippen LogP contribution is 2.23. The summed E-state index contributed by atoms with van der Waals surface area (Å²) < 4.78 is 15.3. The maximum absolute atomic E-state index is 13.7. The Kier molecular flexibility index (Phi) is 3.19. The molecule has 0 aliphatic rings. The predicted molar refractivity (Wildman–Crippen MR) is 75.6 cm³/mol. The molecule has 0 aliphatic carbocycles. The molecule has 0 saturated heterocycles. The minimum atomic E-state index is -0.461. The average Bonchev–Trinajstić information content (AvgIpc) is 2.97. The molecule has 1 heterocycles. The van der Waals surface area contributed by atoms with Gasteiger partial charge in [-0.1, -0.05) is 18.2 Å². The second-order valence-corrected chi connectivity index (χ2v) is 4.43. The quantitative estimate of drug-likeness (QED) is 0.545. The van der Waals surface area contributed by atoms with Gasteiger partial charge >= 0.3 is 0 Å². The lowest BCUT2D eigenvalue weighted by molar-refractivity contribution is -0.384. The van der Waals surface area contributed by atoms with Crippen LogP contribution in [0.25, 0.3) is 16.8 Å². The molecule has 0 atom stereocenters. The summed E-state index contributed by atoms with van der Waals surface area (Å²) in [5, 5.41) is 14.8. The molecule has 104 valence electrons. The van der Waals surface area contributed by atoms with Crippen molar-refractivity contribution in [1.82, 2.24) is 9.78 Å². The first-order valence-corrected chi connectivity index (χ1v) is 6.19. The molecule has 0 spiro atoms. The Bertz CT molecular complexity index is 797. The fraction of sp³-hybridized carbons (Fsp3) is 0. The van der Waals surface area contributed by atoms with Crippen LogP contribution in [0.5, 0.6) is 0 Å². The van der Waals surface area contributed by atoms with Crippen LogP contribution in [0.1, 0.15) is 0 Å². The van der Waals surface area contributed by atoms with Gasteiger partial charge in [-0.15, -0.1) is 0 Å². The van der Waals surface area contributed by atoms with Crippen LogP contribution in [-0.4, -0.2) is 14.7 Å². The molecule has 0 radical (unpaired) electrons. The van der Waals surface area contributed by atoms with Crippen LogP contribution in [-0.2, 0) is 0 Å². The van der Waals surface area contributed by atoms with E-state index in [1.165, 1.54) is 18.2 Å². The molecule has 0 bridgehead atoms. The fourth-order valence-electron chi connectivity index (χ4n) is 2.03. The van der Waals surface area contributed by atoms with Crippen LogP contribution < -0.4 is 0 Å². The Labute approximate surface area is 119 Å². The van der Waals surface area contributed by atoms with E-state index in [9.17, 15) is 14.5 Å². The summed E-state index contributed by atoms with van der Waals surface area (Å²) in [6.07, 6.45) is 3.24. The first kappa shape index (κ1) is 13.0. The number of aromatic nitrogens is 2. The Morgan fingerprint density at radius 2 is 1.81 bits per heavy atom. The number of nitro benzene ring substituents is 1. The summed E-state index contributed by atoms with van der Waals surface area (Å²) in [6, 6.07) is 12.4. The molecule has 0 N–H and O–H groups in total. The first-order valence-electron chi connectivity index (χ1n) is 6.19. The summed E-state index contributed by atoms with van der Waals surface area (Å²) in [7, 11) is 0. The van der Waals surface area contributed by atoms with Crippen molar-refractivity contribution in [3.63, 3.8) is 0 Å². The van der Waals surface area contributed by atoms with Gasteiger partial charge in [0.1, 0.15) is 5.82 Å². The Hall–Kier alpha value is -3.02. The molecule has 6 heteroatoms. The number of hydrogen-bond donors (Lipinski definition) is 0. The lowest BCUT2D eigenvalue weighted by atomic mass is 10.1. The van der Waals surface area contributed by atoms with Gasteiger partial charge in [-0.3, -0.25) is 10.1 Å². The molecule has 2 aromatic carbocycles. The Morgan fingerprint density at radius 3 is 2.48 bits per heavy atom. The highest BCUT2D eigenvalue weighted by Gasteiger charge is 2.09. The van der Waals surface area contributed by atoms with Gasteiger partial charge in [0.05, 0.1) is 16.8 Å². The number of halogens is 1. The van der Waals surface area contributed by atoms with Gasteiger partial charge in [-0.25, -0.2) is 9.07 Å². The topological polar surface area (TPSA) is 61.0 Å². The van der Waals surface area contributed by atoms with Crippen LogP contribution in [0, 0.1) is 15.9 Å². The van der Waals surface area contributed by atoms with Crippen LogP contribution >= 0.6 is 0 Å². The van der Waals surface area contributed by atoms with E-state index < -0.39 is 4.92 Å². The molecule has 0 amide bonds. The van der Waals surface area contributed by atoms with Crippen LogP contribution in [0.4, 0.5) is 10.1 Å². The van der Waals surface area contributed by atoms with Gasteiger partial charge in [0.15, 0.2) is 0 Å².